The maximum atomic E-state index is 5.95. The van der Waals surface area contributed by atoms with Crippen LogP contribution in [0.5, 0.6) is 0 Å². The molecule has 0 saturated carbocycles. The van der Waals surface area contributed by atoms with Crippen molar-refractivity contribution < 1.29 is 0 Å². The first kappa shape index (κ1) is 12.6. The van der Waals surface area contributed by atoms with Crippen LogP contribution in [0.25, 0.3) is 11.0 Å². The number of pyridine rings is 1. The molecule has 100 valence electrons. The van der Waals surface area contributed by atoms with Gasteiger partial charge in [-0.05, 0) is 29.8 Å². The van der Waals surface area contributed by atoms with Crippen molar-refractivity contribution >= 4 is 34.3 Å². The molecule has 20 heavy (non-hydrogen) atoms. The van der Waals surface area contributed by atoms with Crippen LogP contribution in [0.2, 0.25) is 5.02 Å². The van der Waals surface area contributed by atoms with Gasteiger partial charge in [-0.25, -0.2) is 15.0 Å². The number of nitrogens with one attached hydrogen (secondary N) is 1. The second-order valence-corrected chi connectivity index (χ2v) is 4.74. The first-order valence-electron chi connectivity index (χ1n) is 6.08. The quantitative estimate of drug-likeness (QED) is 0.774. The Morgan fingerprint density at radius 1 is 1.15 bits per heavy atom. The van der Waals surface area contributed by atoms with E-state index in [1.807, 2.05) is 36.4 Å². The van der Waals surface area contributed by atoms with Gasteiger partial charge >= 0.3 is 0 Å². The summed E-state index contributed by atoms with van der Waals surface area (Å²) in [6.45, 7) is 0.632. The minimum absolute atomic E-state index is 0.376. The van der Waals surface area contributed by atoms with Gasteiger partial charge < -0.3 is 11.1 Å². The summed E-state index contributed by atoms with van der Waals surface area (Å²) in [5.74, 6) is 1.10. The van der Waals surface area contributed by atoms with Gasteiger partial charge in [0.2, 0.25) is 0 Å². The molecule has 5 nitrogen and oxygen atoms in total. The highest BCUT2D eigenvalue weighted by molar-refractivity contribution is 6.30. The SMILES string of the molecule is Nc1ncnc2ccc(NCc3cccc(Cl)c3)nc12. The molecule has 0 aliphatic carbocycles. The average molecular weight is 286 g/mol. The van der Waals surface area contributed by atoms with E-state index in [2.05, 4.69) is 20.3 Å². The van der Waals surface area contributed by atoms with Crippen LogP contribution < -0.4 is 11.1 Å². The summed E-state index contributed by atoms with van der Waals surface area (Å²) in [4.78, 5) is 12.5. The van der Waals surface area contributed by atoms with Crippen molar-refractivity contribution in [1.82, 2.24) is 15.0 Å². The maximum Gasteiger partial charge on any atom is 0.153 e. The third-order valence-corrected chi connectivity index (χ3v) is 3.11. The van der Waals surface area contributed by atoms with Gasteiger partial charge in [0.25, 0.3) is 0 Å². The Morgan fingerprint density at radius 3 is 2.90 bits per heavy atom. The number of rotatable bonds is 3. The van der Waals surface area contributed by atoms with Gasteiger partial charge in [0.1, 0.15) is 17.7 Å². The van der Waals surface area contributed by atoms with Crippen LogP contribution in [0.1, 0.15) is 5.56 Å². The number of nitrogens with zero attached hydrogens (tertiary/aromatic N) is 3. The summed E-state index contributed by atoms with van der Waals surface area (Å²) in [7, 11) is 0. The molecule has 0 fully saturated rings. The van der Waals surface area contributed by atoms with Gasteiger partial charge in [-0.2, -0.15) is 0 Å². The first-order chi connectivity index (χ1) is 9.72. The zero-order valence-electron chi connectivity index (χ0n) is 10.5. The van der Waals surface area contributed by atoms with Gasteiger partial charge in [-0.3, -0.25) is 0 Å². The van der Waals surface area contributed by atoms with Crippen LogP contribution in [0.4, 0.5) is 11.6 Å². The van der Waals surface area contributed by atoms with E-state index in [9.17, 15) is 0 Å². The molecular weight excluding hydrogens is 274 g/mol. The number of halogens is 1. The topological polar surface area (TPSA) is 76.7 Å². The van der Waals surface area contributed by atoms with E-state index < -0.39 is 0 Å². The first-order valence-corrected chi connectivity index (χ1v) is 6.46. The van der Waals surface area contributed by atoms with E-state index in [-0.39, 0.29) is 0 Å². The molecular formula is C14H12ClN5. The molecule has 3 aromatic rings. The number of hydrogen-bond acceptors (Lipinski definition) is 5. The average Bonchev–Trinajstić information content (AvgIpc) is 2.46. The maximum absolute atomic E-state index is 5.95. The molecule has 0 saturated heterocycles. The van der Waals surface area contributed by atoms with Crippen LogP contribution in [-0.4, -0.2) is 15.0 Å². The number of anilines is 2. The van der Waals surface area contributed by atoms with E-state index in [0.717, 1.165) is 16.9 Å². The summed E-state index contributed by atoms with van der Waals surface area (Å²) in [5.41, 5.74) is 8.20. The van der Waals surface area contributed by atoms with Crippen LogP contribution in [0, 0.1) is 0 Å². The monoisotopic (exact) mass is 285 g/mol. The Hall–Kier alpha value is -2.40. The third-order valence-electron chi connectivity index (χ3n) is 2.87. The highest BCUT2D eigenvalue weighted by Crippen LogP contribution is 2.17. The molecule has 0 unspecified atom stereocenters. The molecule has 0 spiro atoms. The standard InChI is InChI=1S/C14H12ClN5/c15-10-3-1-2-9(6-10)7-17-12-5-4-11-13(20-12)14(16)19-8-18-11/h1-6,8H,7H2,(H,17,20)(H2,16,18,19). The summed E-state index contributed by atoms with van der Waals surface area (Å²) >= 11 is 5.95. The molecule has 1 aromatic carbocycles. The van der Waals surface area contributed by atoms with Crippen molar-refractivity contribution in [3.05, 3.63) is 53.3 Å². The van der Waals surface area contributed by atoms with Gasteiger partial charge in [0.15, 0.2) is 5.82 Å². The number of aromatic nitrogens is 3. The van der Waals surface area contributed by atoms with E-state index in [0.29, 0.717) is 22.9 Å². The van der Waals surface area contributed by atoms with E-state index in [1.54, 1.807) is 0 Å². The minimum atomic E-state index is 0.376. The van der Waals surface area contributed by atoms with Crippen molar-refractivity contribution in [1.29, 1.82) is 0 Å². The summed E-state index contributed by atoms with van der Waals surface area (Å²) in [6, 6.07) is 11.4. The molecule has 6 heteroatoms. The predicted molar refractivity (Wildman–Crippen MR) is 80.5 cm³/mol. The Kier molecular flexibility index (Phi) is 3.35. The highest BCUT2D eigenvalue weighted by atomic mass is 35.5. The molecule has 0 radical (unpaired) electrons. The Labute approximate surface area is 120 Å². The Balaban J connectivity index is 1.83. The van der Waals surface area contributed by atoms with Gasteiger partial charge in [0, 0.05) is 11.6 Å². The van der Waals surface area contributed by atoms with Crippen molar-refractivity contribution in [2.75, 3.05) is 11.1 Å². The number of fused-ring (bicyclic) bond motifs is 1. The van der Waals surface area contributed by atoms with Gasteiger partial charge in [0.05, 0.1) is 5.52 Å². The highest BCUT2D eigenvalue weighted by Gasteiger charge is 2.03. The minimum Gasteiger partial charge on any atom is -0.382 e. The largest absolute Gasteiger partial charge is 0.382 e. The molecule has 3 N–H and O–H groups in total. The third kappa shape index (κ3) is 2.62. The van der Waals surface area contributed by atoms with E-state index in [4.69, 9.17) is 17.3 Å². The molecule has 2 aromatic heterocycles. The van der Waals surface area contributed by atoms with Crippen LogP contribution in [0.3, 0.4) is 0 Å². The fourth-order valence-electron chi connectivity index (χ4n) is 1.90. The predicted octanol–water partition coefficient (Wildman–Crippen LogP) is 2.87. The lowest BCUT2D eigenvalue weighted by Crippen LogP contribution is -2.03. The van der Waals surface area contributed by atoms with E-state index in [1.165, 1.54) is 6.33 Å². The number of nitrogens with two attached hydrogens (primary N) is 1. The van der Waals surface area contributed by atoms with Crippen LogP contribution in [0.15, 0.2) is 42.7 Å². The molecule has 0 bridgehead atoms. The molecule has 0 aliphatic rings. The Bertz CT molecular complexity index is 759. The summed E-state index contributed by atoms with van der Waals surface area (Å²) in [5, 5.41) is 3.94. The molecule has 0 aliphatic heterocycles. The van der Waals surface area contributed by atoms with Crippen LogP contribution in [-0.2, 0) is 6.54 Å². The number of benzene rings is 1. The van der Waals surface area contributed by atoms with Crippen molar-refractivity contribution in [3.63, 3.8) is 0 Å². The number of hydrogen-bond donors (Lipinski definition) is 2. The van der Waals surface area contributed by atoms with Gasteiger partial charge in [-0.1, -0.05) is 23.7 Å². The second-order valence-electron chi connectivity index (χ2n) is 4.31. The normalized spacial score (nSPS) is 10.7. The number of nitrogen functional groups attached to an aromatic ring is 1. The summed E-state index contributed by atoms with van der Waals surface area (Å²) < 4.78 is 0. The lowest BCUT2D eigenvalue weighted by molar-refractivity contribution is 1.11. The molecule has 3 rings (SSSR count). The van der Waals surface area contributed by atoms with Crippen molar-refractivity contribution in [3.8, 4) is 0 Å². The fourth-order valence-corrected chi connectivity index (χ4v) is 2.11. The van der Waals surface area contributed by atoms with Crippen molar-refractivity contribution in [2.24, 2.45) is 0 Å². The molecule has 0 amide bonds. The smallest absolute Gasteiger partial charge is 0.153 e. The molecule has 2 heterocycles. The zero-order chi connectivity index (χ0) is 13.9. The lowest BCUT2D eigenvalue weighted by atomic mass is 10.2. The van der Waals surface area contributed by atoms with Crippen molar-refractivity contribution in [2.45, 2.75) is 6.54 Å². The van der Waals surface area contributed by atoms with E-state index >= 15 is 0 Å². The molecule has 0 atom stereocenters. The second kappa shape index (κ2) is 5.30. The zero-order valence-corrected chi connectivity index (χ0v) is 11.3. The summed E-state index contributed by atoms with van der Waals surface area (Å²) in [6.07, 6.45) is 1.43. The lowest BCUT2D eigenvalue weighted by Gasteiger charge is -2.07. The fraction of sp³-hybridized carbons (Fsp3) is 0.0714. The van der Waals surface area contributed by atoms with Gasteiger partial charge in [-0.15, -0.1) is 0 Å². The Morgan fingerprint density at radius 2 is 2.05 bits per heavy atom. The van der Waals surface area contributed by atoms with Crippen LogP contribution >= 0.6 is 11.6 Å².